The molecule has 0 radical (unpaired) electrons. The van der Waals surface area contributed by atoms with E-state index in [9.17, 15) is 23.1 Å². The molecule has 152 valence electrons. The van der Waals surface area contributed by atoms with Crippen molar-refractivity contribution in [2.45, 2.75) is 25.3 Å². The van der Waals surface area contributed by atoms with Crippen molar-refractivity contribution in [1.82, 2.24) is 4.57 Å². The van der Waals surface area contributed by atoms with E-state index in [1.165, 1.54) is 30.5 Å². The number of nitrogens with zero attached hydrogens (tertiary/aromatic N) is 1. The van der Waals surface area contributed by atoms with Gasteiger partial charge in [0.1, 0.15) is 11.4 Å². The second-order valence-electron chi connectivity index (χ2n) is 6.39. The van der Waals surface area contributed by atoms with Crippen molar-refractivity contribution in [3.05, 3.63) is 53.2 Å². The molecule has 2 aromatic carbocycles. The number of anilines is 2. The summed E-state index contributed by atoms with van der Waals surface area (Å²) in [7, 11) is -4.11. The molecule has 1 heterocycles. The molecule has 3 N–H and O–H groups in total. The number of hydrogen-bond donors (Lipinski definition) is 3. The van der Waals surface area contributed by atoms with Gasteiger partial charge in [-0.2, -0.15) is 0 Å². The second kappa shape index (κ2) is 7.76. The van der Waals surface area contributed by atoms with Crippen molar-refractivity contribution in [2.24, 2.45) is 0 Å². The van der Waals surface area contributed by atoms with Crippen LogP contribution >= 0.6 is 11.6 Å². The first-order chi connectivity index (χ1) is 13.6. The van der Waals surface area contributed by atoms with Crippen molar-refractivity contribution in [3.63, 3.8) is 0 Å². The van der Waals surface area contributed by atoms with Gasteiger partial charge in [-0.25, -0.2) is 8.42 Å². The highest BCUT2D eigenvalue weighted by Crippen LogP contribution is 2.36. The predicted octanol–water partition coefficient (Wildman–Crippen LogP) is 3.45. The lowest BCUT2D eigenvalue weighted by molar-refractivity contribution is -0.137. The van der Waals surface area contributed by atoms with E-state index in [1.54, 1.807) is 30.3 Å². The number of carboxylic acids is 1. The SMILES string of the molecule is CC(=O)Nc1cccc2c1c(S(=O)(=O)Nc1ccc(Cl)cc1)c(C)n2CC(=O)O. The maximum Gasteiger partial charge on any atom is 0.323 e. The second-order valence-corrected chi connectivity index (χ2v) is 8.44. The lowest BCUT2D eigenvalue weighted by atomic mass is 10.2. The van der Waals surface area contributed by atoms with E-state index in [4.69, 9.17) is 11.6 Å². The molecule has 0 saturated carbocycles. The fourth-order valence-corrected chi connectivity index (χ4v) is 4.83. The number of amides is 1. The summed E-state index contributed by atoms with van der Waals surface area (Å²) < 4.78 is 30.4. The summed E-state index contributed by atoms with van der Waals surface area (Å²) in [6.07, 6.45) is 0. The fourth-order valence-electron chi connectivity index (χ4n) is 3.17. The average Bonchev–Trinajstić information content (AvgIpc) is 2.90. The number of fused-ring (bicyclic) bond motifs is 1. The van der Waals surface area contributed by atoms with E-state index in [0.717, 1.165) is 0 Å². The summed E-state index contributed by atoms with van der Waals surface area (Å²) in [5.74, 6) is -1.50. The van der Waals surface area contributed by atoms with Crippen LogP contribution in [-0.2, 0) is 26.2 Å². The minimum absolute atomic E-state index is 0.104. The number of aromatic nitrogens is 1. The molecule has 29 heavy (non-hydrogen) atoms. The van der Waals surface area contributed by atoms with Crippen molar-refractivity contribution in [1.29, 1.82) is 0 Å². The van der Waals surface area contributed by atoms with Crippen molar-refractivity contribution in [2.75, 3.05) is 10.0 Å². The highest BCUT2D eigenvalue weighted by Gasteiger charge is 2.28. The number of halogens is 1. The molecule has 0 unspecified atom stereocenters. The number of sulfonamides is 1. The number of benzene rings is 2. The Morgan fingerprint density at radius 3 is 2.38 bits per heavy atom. The van der Waals surface area contributed by atoms with Crippen molar-refractivity contribution in [3.8, 4) is 0 Å². The summed E-state index contributed by atoms with van der Waals surface area (Å²) in [4.78, 5) is 22.9. The monoisotopic (exact) mass is 435 g/mol. The number of hydrogen-bond acceptors (Lipinski definition) is 4. The molecule has 0 aliphatic carbocycles. The normalized spacial score (nSPS) is 11.4. The van der Waals surface area contributed by atoms with Crippen LogP contribution in [0.1, 0.15) is 12.6 Å². The van der Waals surface area contributed by atoms with Gasteiger partial charge in [0.15, 0.2) is 0 Å². The Balaban J connectivity index is 2.26. The molecule has 0 atom stereocenters. The summed E-state index contributed by atoms with van der Waals surface area (Å²) in [6.45, 7) is 2.40. The van der Waals surface area contributed by atoms with Gasteiger partial charge in [-0.05, 0) is 43.3 Å². The van der Waals surface area contributed by atoms with Crippen LogP contribution in [0, 0.1) is 6.92 Å². The molecule has 0 aliphatic heterocycles. The average molecular weight is 436 g/mol. The van der Waals surface area contributed by atoms with Crippen LogP contribution in [-0.4, -0.2) is 30.0 Å². The third kappa shape index (κ3) is 4.20. The molecular formula is C19H18ClN3O5S. The molecule has 0 saturated heterocycles. The molecule has 0 fully saturated rings. The maximum absolute atomic E-state index is 13.2. The summed E-state index contributed by atoms with van der Waals surface area (Å²) in [5.41, 5.74) is 1.19. The summed E-state index contributed by atoms with van der Waals surface area (Å²) in [5, 5.41) is 12.6. The number of nitrogens with one attached hydrogen (secondary N) is 2. The quantitative estimate of drug-likeness (QED) is 0.548. The van der Waals surface area contributed by atoms with E-state index in [0.29, 0.717) is 16.2 Å². The van der Waals surface area contributed by atoms with E-state index < -0.39 is 22.5 Å². The van der Waals surface area contributed by atoms with Crippen LogP contribution < -0.4 is 10.0 Å². The van der Waals surface area contributed by atoms with Gasteiger partial charge in [0.25, 0.3) is 10.0 Å². The number of carboxylic acid groups (broad SMARTS) is 1. The smallest absolute Gasteiger partial charge is 0.323 e. The Kier molecular flexibility index (Phi) is 5.54. The molecule has 1 amide bonds. The van der Waals surface area contributed by atoms with Gasteiger partial charge in [0.05, 0.1) is 11.2 Å². The lowest BCUT2D eigenvalue weighted by Crippen LogP contribution is -2.16. The van der Waals surface area contributed by atoms with Gasteiger partial charge in [0, 0.05) is 28.7 Å². The topological polar surface area (TPSA) is 117 Å². The van der Waals surface area contributed by atoms with Crippen LogP contribution in [0.4, 0.5) is 11.4 Å². The van der Waals surface area contributed by atoms with Crippen molar-refractivity contribution < 1.29 is 23.1 Å². The first kappa shape index (κ1) is 20.7. The summed E-state index contributed by atoms with van der Waals surface area (Å²) in [6, 6.07) is 10.9. The third-order valence-corrected chi connectivity index (χ3v) is 6.06. The molecule has 0 bridgehead atoms. The van der Waals surface area contributed by atoms with Gasteiger partial charge < -0.3 is 15.0 Å². The Hall–Kier alpha value is -3.04. The molecule has 3 aromatic rings. The van der Waals surface area contributed by atoms with E-state index >= 15 is 0 Å². The Morgan fingerprint density at radius 1 is 1.14 bits per heavy atom. The molecule has 0 spiro atoms. The van der Waals surface area contributed by atoms with Gasteiger partial charge in [-0.1, -0.05) is 17.7 Å². The minimum atomic E-state index is -4.11. The first-order valence-electron chi connectivity index (χ1n) is 8.49. The van der Waals surface area contributed by atoms with Gasteiger partial charge in [-0.3, -0.25) is 14.3 Å². The van der Waals surface area contributed by atoms with E-state index in [-0.39, 0.29) is 27.6 Å². The third-order valence-electron chi connectivity index (χ3n) is 4.26. The van der Waals surface area contributed by atoms with E-state index in [1.807, 2.05) is 0 Å². The van der Waals surface area contributed by atoms with E-state index in [2.05, 4.69) is 10.0 Å². The molecular weight excluding hydrogens is 418 g/mol. The Bertz CT molecular complexity index is 1220. The van der Waals surface area contributed by atoms with Crippen LogP contribution in [0.25, 0.3) is 10.9 Å². The fraction of sp³-hybridized carbons (Fsp3) is 0.158. The molecule has 10 heteroatoms. The number of carbonyl (C=O) groups is 2. The minimum Gasteiger partial charge on any atom is -0.480 e. The number of aliphatic carboxylic acids is 1. The highest BCUT2D eigenvalue weighted by molar-refractivity contribution is 7.93. The van der Waals surface area contributed by atoms with Crippen LogP contribution in [0.15, 0.2) is 47.4 Å². The zero-order chi connectivity index (χ0) is 21.3. The molecule has 1 aromatic heterocycles. The van der Waals surface area contributed by atoms with Crippen LogP contribution in [0.2, 0.25) is 5.02 Å². The highest BCUT2D eigenvalue weighted by atomic mass is 35.5. The maximum atomic E-state index is 13.2. The van der Waals surface area contributed by atoms with Gasteiger partial charge >= 0.3 is 5.97 Å². The Labute approximate surface area is 172 Å². The zero-order valence-corrected chi connectivity index (χ0v) is 17.1. The van der Waals surface area contributed by atoms with Crippen LogP contribution in [0.3, 0.4) is 0 Å². The standard InChI is InChI=1S/C19H18ClN3O5S/c1-11-19(29(27,28)22-14-8-6-13(20)7-9-14)18-15(21-12(2)24)4-3-5-16(18)23(11)10-17(25)26/h3-9,22H,10H2,1-2H3,(H,21,24)(H,25,26). The largest absolute Gasteiger partial charge is 0.480 e. The zero-order valence-electron chi connectivity index (χ0n) is 15.6. The number of carbonyl (C=O) groups excluding carboxylic acids is 1. The summed E-state index contributed by atoms with van der Waals surface area (Å²) >= 11 is 5.85. The Morgan fingerprint density at radius 2 is 1.79 bits per heavy atom. The lowest BCUT2D eigenvalue weighted by Gasteiger charge is -2.11. The molecule has 0 aliphatic rings. The molecule has 3 rings (SSSR count). The van der Waals surface area contributed by atoms with Gasteiger partial charge in [0.2, 0.25) is 5.91 Å². The van der Waals surface area contributed by atoms with Crippen LogP contribution in [0.5, 0.6) is 0 Å². The number of rotatable bonds is 6. The predicted molar refractivity (Wildman–Crippen MR) is 111 cm³/mol. The first-order valence-corrected chi connectivity index (χ1v) is 10.4. The molecule has 8 nitrogen and oxygen atoms in total. The van der Waals surface area contributed by atoms with Gasteiger partial charge in [-0.15, -0.1) is 0 Å². The van der Waals surface area contributed by atoms with Crippen molar-refractivity contribution >= 4 is 55.8 Å².